The van der Waals surface area contributed by atoms with E-state index < -0.39 is 0 Å². The van der Waals surface area contributed by atoms with E-state index in [-0.39, 0.29) is 24.6 Å². The Labute approximate surface area is 170 Å². The molecule has 0 aromatic heterocycles. The molecule has 0 saturated carbocycles. The number of rotatable bonds is 5. The molecule has 0 aliphatic carbocycles. The van der Waals surface area contributed by atoms with Crippen molar-refractivity contribution in [2.75, 3.05) is 39.5 Å². The Morgan fingerprint density at radius 1 is 1.00 bits per heavy atom. The molecular formula is C22H25N3O4. The van der Waals surface area contributed by atoms with Crippen LogP contribution >= 0.6 is 0 Å². The van der Waals surface area contributed by atoms with Crippen LogP contribution in [0.2, 0.25) is 0 Å². The summed E-state index contributed by atoms with van der Waals surface area (Å²) >= 11 is 0. The SMILES string of the molecule is CC(NC(=O)CN1CCN(C(=O)c2ccccc2)CC1)c1ccc2c(c1)OCO2. The second kappa shape index (κ2) is 8.53. The fraction of sp³-hybridized carbons (Fsp3) is 0.364. The number of fused-ring (bicyclic) bond motifs is 1. The van der Waals surface area contributed by atoms with E-state index in [1.807, 2.05) is 60.4 Å². The minimum absolute atomic E-state index is 0.0296. The largest absolute Gasteiger partial charge is 0.454 e. The first-order valence-corrected chi connectivity index (χ1v) is 9.86. The van der Waals surface area contributed by atoms with Gasteiger partial charge in [-0.25, -0.2) is 0 Å². The minimum Gasteiger partial charge on any atom is -0.454 e. The molecule has 0 spiro atoms. The van der Waals surface area contributed by atoms with Gasteiger partial charge in [0.15, 0.2) is 11.5 Å². The van der Waals surface area contributed by atoms with E-state index in [0.29, 0.717) is 44.0 Å². The molecule has 7 heteroatoms. The van der Waals surface area contributed by atoms with Gasteiger partial charge in [-0.15, -0.1) is 0 Å². The Bertz CT molecular complexity index is 879. The molecule has 1 fully saturated rings. The number of ether oxygens (including phenoxy) is 2. The van der Waals surface area contributed by atoms with Crippen molar-refractivity contribution in [3.63, 3.8) is 0 Å². The third kappa shape index (κ3) is 4.51. The molecule has 2 aromatic carbocycles. The van der Waals surface area contributed by atoms with Gasteiger partial charge >= 0.3 is 0 Å². The van der Waals surface area contributed by atoms with Crippen molar-refractivity contribution in [1.82, 2.24) is 15.1 Å². The summed E-state index contributed by atoms with van der Waals surface area (Å²) in [6.07, 6.45) is 0. The molecule has 0 bridgehead atoms. The molecular weight excluding hydrogens is 370 g/mol. The zero-order valence-electron chi connectivity index (χ0n) is 16.5. The maximum atomic E-state index is 12.5. The summed E-state index contributed by atoms with van der Waals surface area (Å²) in [4.78, 5) is 28.9. The molecule has 1 N–H and O–H groups in total. The highest BCUT2D eigenvalue weighted by Gasteiger charge is 2.24. The summed E-state index contributed by atoms with van der Waals surface area (Å²) in [6, 6.07) is 14.9. The van der Waals surface area contributed by atoms with Crippen LogP contribution in [0.5, 0.6) is 11.5 Å². The van der Waals surface area contributed by atoms with Gasteiger partial charge in [0.2, 0.25) is 12.7 Å². The predicted molar refractivity (Wildman–Crippen MR) is 108 cm³/mol. The molecule has 29 heavy (non-hydrogen) atoms. The number of benzene rings is 2. The van der Waals surface area contributed by atoms with Crippen LogP contribution in [0.25, 0.3) is 0 Å². The number of hydrogen-bond acceptors (Lipinski definition) is 5. The lowest BCUT2D eigenvalue weighted by molar-refractivity contribution is -0.123. The van der Waals surface area contributed by atoms with Gasteiger partial charge in [0.05, 0.1) is 12.6 Å². The maximum absolute atomic E-state index is 12.5. The van der Waals surface area contributed by atoms with Gasteiger partial charge in [0.25, 0.3) is 5.91 Å². The van der Waals surface area contributed by atoms with Crippen molar-refractivity contribution in [3.8, 4) is 11.5 Å². The zero-order chi connectivity index (χ0) is 20.2. The summed E-state index contributed by atoms with van der Waals surface area (Å²) in [7, 11) is 0. The Morgan fingerprint density at radius 2 is 1.72 bits per heavy atom. The lowest BCUT2D eigenvalue weighted by atomic mass is 10.1. The molecule has 7 nitrogen and oxygen atoms in total. The topological polar surface area (TPSA) is 71.1 Å². The van der Waals surface area contributed by atoms with Gasteiger partial charge in [0.1, 0.15) is 0 Å². The van der Waals surface area contributed by atoms with Crippen molar-refractivity contribution in [3.05, 3.63) is 59.7 Å². The number of hydrogen-bond donors (Lipinski definition) is 1. The first-order valence-electron chi connectivity index (χ1n) is 9.86. The maximum Gasteiger partial charge on any atom is 0.253 e. The monoisotopic (exact) mass is 395 g/mol. The van der Waals surface area contributed by atoms with Gasteiger partial charge in [-0.2, -0.15) is 0 Å². The Kier molecular flexibility index (Phi) is 5.67. The lowest BCUT2D eigenvalue weighted by Gasteiger charge is -2.34. The predicted octanol–water partition coefficient (Wildman–Crippen LogP) is 2.05. The van der Waals surface area contributed by atoms with E-state index >= 15 is 0 Å². The number of nitrogens with one attached hydrogen (secondary N) is 1. The highest BCUT2D eigenvalue weighted by molar-refractivity contribution is 5.94. The third-order valence-electron chi connectivity index (χ3n) is 5.32. The van der Waals surface area contributed by atoms with E-state index in [1.54, 1.807) is 0 Å². The number of carbonyl (C=O) groups is 2. The second-order valence-electron chi connectivity index (χ2n) is 7.34. The molecule has 4 rings (SSSR count). The van der Waals surface area contributed by atoms with Crippen LogP contribution in [-0.4, -0.2) is 61.1 Å². The van der Waals surface area contributed by atoms with E-state index in [0.717, 1.165) is 11.3 Å². The number of piperazine rings is 1. The molecule has 1 saturated heterocycles. The van der Waals surface area contributed by atoms with Crippen molar-refractivity contribution >= 4 is 11.8 Å². The number of nitrogens with zero attached hydrogens (tertiary/aromatic N) is 2. The fourth-order valence-corrected chi connectivity index (χ4v) is 3.63. The van der Waals surface area contributed by atoms with Gasteiger partial charge in [-0.1, -0.05) is 24.3 Å². The Morgan fingerprint density at radius 3 is 2.48 bits per heavy atom. The molecule has 0 radical (unpaired) electrons. The van der Waals surface area contributed by atoms with Crippen LogP contribution in [-0.2, 0) is 4.79 Å². The van der Waals surface area contributed by atoms with Crippen LogP contribution in [0.15, 0.2) is 48.5 Å². The minimum atomic E-state index is -0.127. The van der Waals surface area contributed by atoms with E-state index in [2.05, 4.69) is 10.2 Å². The van der Waals surface area contributed by atoms with Crippen LogP contribution in [0.1, 0.15) is 28.9 Å². The average Bonchev–Trinajstić information content (AvgIpc) is 3.22. The van der Waals surface area contributed by atoms with Crippen LogP contribution in [0.3, 0.4) is 0 Å². The normalized spacial score (nSPS) is 17.1. The van der Waals surface area contributed by atoms with Gasteiger partial charge < -0.3 is 19.7 Å². The summed E-state index contributed by atoms with van der Waals surface area (Å²) in [5, 5.41) is 3.04. The zero-order valence-corrected chi connectivity index (χ0v) is 16.5. The van der Waals surface area contributed by atoms with E-state index in [1.165, 1.54) is 0 Å². The van der Waals surface area contributed by atoms with Crippen molar-refractivity contribution in [2.45, 2.75) is 13.0 Å². The second-order valence-corrected chi connectivity index (χ2v) is 7.34. The molecule has 1 unspecified atom stereocenters. The summed E-state index contributed by atoms with van der Waals surface area (Å²) < 4.78 is 10.7. The molecule has 152 valence electrons. The summed E-state index contributed by atoms with van der Waals surface area (Å²) in [5.41, 5.74) is 1.68. The molecule has 2 amide bonds. The van der Waals surface area contributed by atoms with Crippen LogP contribution < -0.4 is 14.8 Å². The lowest BCUT2D eigenvalue weighted by Crippen LogP contribution is -2.51. The van der Waals surface area contributed by atoms with E-state index in [4.69, 9.17) is 9.47 Å². The van der Waals surface area contributed by atoms with Crippen LogP contribution in [0.4, 0.5) is 0 Å². The van der Waals surface area contributed by atoms with Crippen molar-refractivity contribution < 1.29 is 19.1 Å². The Hall–Kier alpha value is -3.06. The smallest absolute Gasteiger partial charge is 0.253 e. The first-order chi connectivity index (χ1) is 14.1. The van der Waals surface area contributed by atoms with Gasteiger partial charge in [-0.3, -0.25) is 14.5 Å². The molecule has 2 heterocycles. The third-order valence-corrected chi connectivity index (χ3v) is 5.32. The highest BCUT2D eigenvalue weighted by Crippen LogP contribution is 2.34. The van der Waals surface area contributed by atoms with Gasteiger partial charge in [-0.05, 0) is 36.8 Å². The Balaban J connectivity index is 1.25. The number of amides is 2. The number of carbonyl (C=O) groups excluding carboxylic acids is 2. The average molecular weight is 395 g/mol. The van der Waals surface area contributed by atoms with Crippen molar-refractivity contribution in [1.29, 1.82) is 0 Å². The quantitative estimate of drug-likeness (QED) is 0.839. The first kappa shape index (κ1) is 19.3. The van der Waals surface area contributed by atoms with E-state index in [9.17, 15) is 9.59 Å². The molecule has 2 aliphatic rings. The molecule has 2 aromatic rings. The summed E-state index contributed by atoms with van der Waals surface area (Å²) in [6.45, 7) is 5.12. The molecule has 1 atom stereocenters. The highest BCUT2D eigenvalue weighted by atomic mass is 16.7. The summed E-state index contributed by atoms with van der Waals surface area (Å²) in [5.74, 6) is 1.46. The molecule has 2 aliphatic heterocycles. The fourth-order valence-electron chi connectivity index (χ4n) is 3.63. The standard InChI is InChI=1S/C22H25N3O4/c1-16(18-7-8-19-20(13-18)29-15-28-19)23-21(26)14-24-9-11-25(12-10-24)22(27)17-5-3-2-4-6-17/h2-8,13,16H,9-12,14-15H2,1H3,(H,23,26). The van der Waals surface area contributed by atoms with Crippen LogP contribution in [0, 0.1) is 0 Å². The van der Waals surface area contributed by atoms with Crippen molar-refractivity contribution in [2.24, 2.45) is 0 Å². The van der Waals surface area contributed by atoms with Gasteiger partial charge in [0, 0.05) is 31.7 Å².